The Morgan fingerprint density at radius 1 is 1.37 bits per heavy atom. The first-order valence-electron chi connectivity index (χ1n) is 8.14. The van der Waals surface area contributed by atoms with Gasteiger partial charge < -0.3 is 10.6 Å². The number of nitrogens with zero attached hydrogens (tertiary/aromatic N) is 1. The van der Waals surface area contributed by atoms with Crippen LogP contribution in [0.2, 0.25) is 0 Å². The molecule has 2 N–H and O–H groups in total. The lowest BCUT2D eigenvalue weighted by Crippen LogP contribution is -2.44. The van der Waals surface area contributed by atoms with E-state index in [1.807, 2.05) is 0 Å². The van der Waals surface area contributed by atoms with Gasteiger partial charge in [0.15, 0.2) is 0 Å². The summed E-state index contributed by atoms with van der Waals surface area (Å²) in [5.41, 5.74) is 5.78. The summed E-state index contributed by atoms with van der Waals surface area (Å²) in [5, 5.41) is 0. The number of amides is 1. The van der Waals surface area contributed by atoms with E-state index in [-0.39, 0.29) is 5.92 Å². The van der Waals surface area contributed by atoms with E-state index in [1.165, 1.54) is 12.8 Å². The van der Waals surface area contributed by atoms with Crippen LogP contribution in [0.1, 0.15) is 65.7 Å². The van der Waals surface area contributed by atoms with E-state index >= 15 is 0 Å². The maximum Gasteiger partial charge on any atom is 0.225 e. The molecule has 3 atom stereocenters. The first-order chi connectivity index (χ1) is 9.13. The highest BCUT2D eigenvalue weighted by atomic mass is 16.2. The van der Waals surface area contributed by atoms with Gasteiger partial charge in [-0.3, -0.25) is 4.79 Å². The van der Waals surface area contributed by atoms with Crippen LogP contribution in [0, 0.1) is 11.8 Å². The predicted octanol–water partition coefficient (Wildman–Crippen LogP) is 3.18. The summed E-state index contributed by atoms with van der Waals surface area (Å²) in [5.74, 6) is 1.18. The van der Waals surface area contributed by atoms with Crippen molar-refractivity contribution in [1.29, 1.82) is 0 Å². The van der Waals surface area contributed by atoms with Gasteiger partial charge in [-0.25, -0.2) is 0 Å². The van der Waals surface area contributed by atoms with Gasteiger partial charge in [0.25, 0.3) is 0 Å². The van der Waals surface area contributed by atoms with Crippen molar-refractivity contribution in [2.24, 2.45) is 17.6 Å². The molecular formula is C16H32N2O. The topological polar surface area (TPSA) is 46.3 Å². The zero-order chi connectivity index (χ0) is 14.3. The molecule has 112 valence electrons. The van der Waals surface area contributed by atoms with Crippen molar-refractivity contribution in [2.75, 3.05) is 13.1 Å². The van der Waals surface area contributed by atoms with Crippen molar-refractivity contribution in [1.82, 2.24) is 4.90 Å². The second-order valence-electron chi connectivity index (χ2n) is 6.11. The molecule has 1 saturated carbocycles. The number of nitrogens with two attached hydrogens (primary N) is 1. The molecule has 0 heterocycles. The van der Waals surface area contributed by atoms with Crippen LogP contribution in [-0.2, 0) is 4.79 Å². The van der Waals surface area contributed by atoms with Crippen molar-refractivity contribution in [3.05, 3.63) is 0 Å². The van der Waals surface area contributed by atoms with Gasteiger partial charge in [0, 0.05) is 18.5 Å². The van der Waals surface area contributed by atoms with E-state index < -0.39 is 0 Å². The minimum absolute atomic E-state index is 0.230. The smallest absolute Gasteiger partial charge is 0.225 e. The SMILES string of the molecule is CCCCN(C(=O)C1CCCC(CN)C1)C(C)CC. The highest BCUT2D eigenvalue weighted by Gasteiger charge is 2.31. The third-order valence-electron chi connectivity index (χ3n) is 4.62. The molecule has 3 nitrogen and oxygen atoms in total. The van der Waals surface area contributed by atoms with Gasteiger partial charge in [-0.2, -0.15) is 0 Å². The van der Waals surface area contributed by atoms with Crippen LogP contribution in [0.15, 0.2) is 0 Å². The Morgan fingerprint density at radius 2 is 2.11 bits per heavy atom. The molecule has 0 bridgehead atoms. The quantitative estimate of drug-likeness (QED) is 0.771. The fourth-order valence-corrected chi connectivity index (χ4v) is 3.06. The number of carbonyl (C=O) groups is 1. The molecule has 0 radical (unpaired) electrons. The molecule has 0 spiro atoms. The highest BCUT2D eigenvalue weighted by Crippen LogP contribution is 2.30. The monoisotopic (exact) mass is 268 g/mol. The number of carbonyl (C=O) groups excluding carboxylic acids is 1. The average molecular weight is 268 g/mol. The number of hydrogen-bond donors (Lipinski definition) is 1. The third kappa shape index (κ3) is 4.79. The van der Waals surface area contributed by atoms with Crippen LogP contribution in [0.25, 0.3) is 0 Å². The van der Waals surface area contributed by atoms with E-state index in [9.17, 15) is 4.79 Å². The third-order valence-corrected chi connectivity index (χ3v) is 4.62. The minimum atomic E-state index is 0.230. The maximum atomic E-state index is 12.8. The molecule has 0 aromatic rings. The van der Waals surface area contributed by atoms with E-state index in [0.29, 0.717) is 17.9 Å². The Labute approximate surface area is 118 Å². The summed E-state index contributed by atoms with van der Waals surface area (Å²) >= 11 is 0. The Kier molecular flexibility index (Phi) is 7.44. The number of rotatable bonds is 7. The molecule has 1 fully saturated rings. The molecule has 0 saturated heterocycles. The molecule has 19 heavy (non-hydrogen) atoms. The van der Waals surface area contributed by atoms with Crippen LogP contribution in [0.3, 0.4) is 0 Å². The van der Waals surface area contributed by atoms with E-state index in [2.05, 4.69) is 25.7 Å². The molecule has 0 aliphatic heterocycles. The fourth-order valence-electron chi connectivity index (χ4n) is 3.06. The second-order valence-corrected chi connectivity index (χ2v) is 6.11. The largest absolute Gasteiger partial charge is 0.340 e. The van der Waals surface area contributed by atoms with E-state index in [0.717, 1.165) is 45.2 Å². The van der Waals surface area contributed by atoms with Crippen molar-refractivity contribution in [2.45, 2.75) is 71.8 Å². The van der Waals surface area contributed by atoms with Gasteiger partial charge in [-0.15, -0.1) is 0 Å². The van der Waals surface area contributed by atoms with Gasteiger partial charge >= 0.3 is 0 Å². The average Bonchev–Trinajstić information content (AvgIpc) is 2.47. The van der Waals surface area contributed by atoms with Gasteiger partial charge in [-0.1, -0.05) is 26.7 Å². The van der Waals surface area contributed by atoms with Gasteiger partial charge in [0.05, 0.1) is 0 Å². The lowest BCUT2D eigenvalue weighted by atomic mass is 9.80. The Hall–Kier alpha value is -0.570. The molecule has 0 aromatic heterocycles. The Bertz CT molecular complexity index is 267. The summed E-state index contributed by atoms with van der Waals surface area (Å²) in [7, 11) is 0. The summed E-state index contributed by atoms with van der Waals surface area (Å²) in [6.07, 6.45) is 7.75. The predicted molar refractivity (Wildman–Crippen MR) is 80.9 cm³/mol. The standard InChI is InChI=1S/C16H32N2O/c1-4-6-10-18(13(3)5-2)16(19)15-9-7-8-14(11-15)12-17/h13-15H,4-12,17H2,1-3H3. The summed E-state index contributed by atoms with van der Waals surface area (Å²) in [6.45, 7) is 8.19. The first kappa shape index (κ1) is 16.5. The van der Waals surface area contributed by atoms with Gasteiger partial charge in [0.1, 0.15) is 0 Å². The van der Waals surface area contributed by atoms with Crippen LogP contribution >= 0.6 is 0 Å². The zero-order valence-electron chi connectivity index (χ0n) is 13.0. The van der Waals surface area contributed by atoms with E-state index in [1.54, 1.807) is 0 Å². The van der Waals surface area contributed by atoms with Crippen LogP contribution in [-0.4, -0.2) is 29.9 Å². The minimum Gasteiger partial charge on any atom is -0.340 e. The molecule has 1 amide bonds. The number of hydrogen-bond acceptors (Lipinski definition) is 2. The van der Waals surface area contributed by atoms with Gasteiger partial charge in [0.2, 0.25) is 5.91 Å². The molecule has 1 aliphatic carbocycles. The van der Waals surface area contributed by atoms with Crippen LogP contribution in [0.5, 0.6) is 0 Å². The molecule has 3 heteroatoms. The fraction of sp³-hybridized carbons (Fsp3) is 0.938. The van der Waals surface area contributed by atoms with Crippen molar-refractivity contribution in [3.8, 4) is 0 Å². The molecule has 1 aliphatic rings. The maximum absolute atomic E-state index is 12.8. The molecule has 3 unspecified atom stereocenters. The van der Waals surface area contributed by atoms with Gasteiger partial charge in [-0.05, 0) is 51.5 Å². The summed E-state index contributed by atoms with van der Waals surface area (Å²) < 4.78 is 0. The molecular weight excluding hydrogens is 236 g/mol. The van der Waals surface area contributed by atoms with Crippen LogP contribution < -0.4 is 5.73 Å². The summed E-state index contributed by atoms with van der Waals surface area (Å²) in [6, 6.07) is 0.373. The molecule has 0 aromatic carbocycles. The Balaban J connectivity index is 2.63. The second kappa shape index (κ2) is 8.57. The van der Waals surface area contributed by atoms with Crippen molar-refractivity contribution >= 4 is 5.91 Å². The lowest BCUT2D eigenvalue weighted by Gasteiger charge is -2.35. The Morgan fingerprint density at radius 3 is 2.68 bits per heavy atom. The lowest BCUT2D eigenvalue weighted by molar-refractivity contribution is -0.139. The zero-order valence-corrected chi connectivity index (χ0v) is 13.0. The summed E-state index contributed by atoms with van der Waals surface area (Å²) in [4.78, 5) is 14.9. The first-order valence-corrected chi connectivity index (χ1v) is 8.14. The number of unbranched alkanes of at least 4 members (excludes halogenated alkanes) is 1. The van der Waals surface area contributed by atoms with E-state index in [4.69, 9.17) is 5.73 Å². The van der Waals surface area contributed by atoms with Crippen molar-refractivity contribution in [3.63, 3.8) is 0 Å². The van der Waals surface area contributed by atoms with Crippen molar-refractivity contribution < 1.29 is 4.79 Å². The highest BCUT2D eigenvalue weighted by molar-refractivity contribution is 5.79. The van der Waals surface area contributed by atoms with Crippen LogP contribution in [0.4, 0.5) is 0 Å². The molecule has 1 rings (SSSR count). The normalized spacial score (nSPS) is 25.1.